The third-order valence-corrected chi connectivity index (χ3v) is 10.2. The van der Waals surface area contributed by atoms with Gasteiger partial charge >= 0.3 is 17.9 Å². The van der Waals surface area contributed by atoms with Gasteiger partial charge in [-0.1, -0.05) is 200 Å². The zero-order valence-electron chi connectivity index (χ0n) is 41.0. The van der Waals surface area contributed by atoms with Gasteiger partial charge in [-0.15, -0.1) is 0 Å². The van der Waals surface area contributed by atoms with Crippen molar-refractivity contribution in [2.24, 2.45) is 0 Å². The van der Waals surface area contributed by atoms with Gasteiger partial charge in [0.1, 0.15) is 13.2 Å². The predicted octanol–water partition coefficient (Wildman–Crippen LogP) is 16.9. The van der Waals surface area contributed by atoms with E-state index in [0.717, 1.165) is 109 Å². The fourth-order valence-electron chi connectivity index (χ4n) is 6.43. The zero-order chi connectivity index (χ0) is 46.5. The minimum atomic E-state index is -0.818. The van der Waals surface area contributed by atoms with Crippen molar-refractivity contribution in [3.05, 3.63) is 122 Å². The first-order valence-electron chi connectivity index (χ1n) is 25.5. The number of allylic oxidation sites excluding steroid dienone is 20. The van der Waals surface area contributed by atoms with Crippen molar-refractivity contribution < 1.29 is 28.6 Å². The number of hydrogen-bond donors (Lipinski definition) is 0. The van der Waals surface area contributed by atoms with E-state index in [9.17, 15) is 14.4 Å². The summed E-state index contributed by atoms with van der Waals surface area (Å²) in [5.41, 5.74) is 0. The molecule has 0 aromatic heterocycles. The van der Waals surface area contributed by atoms with Gasteiger partial charge in [-0.2, -0.15) is 0 Å². The molecule has 0 radical (unpaired) electrons. The lowest BCUT2D eigenvalue weighted by atomic mass is 10.1. The van der Waals surface area contributed by atoms with E-state index in [1.807, 2.05) is 0 Å². The third kappa shape index (κ3) is 48.8. The quantitative estimate of drug-likeness (QED) is 0.0262. The molecule has 1 unspecified atom stereocenters. The molecular formula is C58H92O6. The van der Waals surface area contributed by atoms with Crippen LogP contribution in [0.2, 0.25) is 0 Å². The molecule has 0 amide bonds. The number of carbonyl (C=O) groups excluding carboxylic acids is 3. The molecule has 0 fully saturated rings. The Bertz CT molecular complexity index is 1390. The lowest BCUT2D eigenvalue weighted by Crippen LogP contribution is -2.30. The van der Waals surface area contributed by atoms with Gasteiger partial charge in [0, 0.05) is 19.3 Å². The van der Waals surface area contributed by atoms with Crippen molar-refractivity contribution in [1.82, 2.24) is 0 Å². The molecule has 0 saturated heterocycles. The molecule has 0 N–H and O–H groups in total. The summed E-state index contributed by atoms with van der Waals surface area (Å²) < 4.78 is 16.7. The van der Waals surface area contributed by atoms with Gasteiger partial charge in [0.2, 0.25) is 0 Å². The fourth-order valence-corrected chi connectivity index (χ4v) is 6.43. The molecule has 0 saturated carbocycles. The average molecular weight is 885 g/mol. The smallest absolute Gasteiger partial charge is 0.306 e. The Hall–Kier alpha value is -4.19. The standard InChI is InChI=1S/C58H92O6/c1-4-7-10-13-16-19-22-24-26-27-28-29-30-31-33-34-36-39-42-45-48-51-57(60)63-54-55(53-62-56(59)50-47-44-41-38-21-18-15-12-9-6-3)64-58(61)52-49-46-43-40-37-35-32-25-23-20-17-14-11-8-5-2/h7-8,10-11,16-17,19-20,24-26,28-29,31-33,36-37,39-40,55H,4-6,9,12-15,18,21-23,27,30,34-35,38,41-54H2,1-3H3/b10-7-,11-8-,19-16-,20-17-,26-24-,29-28-,32-25-,33-31-,39-36-,40-37-. The third-order valence-electron chi connectivity index (χ3n) is 10.2. The summed E-state index contributed by atoms with van der Waals surface area (Å²) in [5.74, 6) is -1.01. The van der Waals surface area contributed by atoms with E-state index in [2.05, 4.69) is 142 Å². The molecule has 0 aliphatic carbocycles. The zero-order valence-corrected chi connectivity index (χ0v) is 41.0. The van der Waals surface area contributed by atoms with Crippen molar-refractivity contribution in [2.75, 3.05) is 13.2 Å². The number of ether oxygens (including phenoxy) is 3. The maximum Gasteiger partial charge on any atom is 0.306 e. The summed E-state index contributed by atoms with van der Waals surface area (Å²) in [4.78, 5) is 37.9. The van der Waals surface area contributed by atoms with Gasteiger partial charge in [-0.05, 0) is 109 Å². The molecule has 0 aromatic rings. The van der Waals surface area contributed by atoms with E-state index in [1.54, 1.807) is 0 Å². The van der Waals surface area contributed by atoms with Crippen LogP contribution in [-0.2, 0) is 28.6 Å². The lowest BCUT2D eigenvalue weighted by molar-refractivity contribution is -0.167. The summed E-state index contributed by atoms with van der Waals surface area (Å²) in [6, 6.07) is 0. The van der Waals surface area contributed by atoms with Gasteiger partial charge in [0.05, 0.1) is 0 Å². The van der Waals surface area contributed by atoms with Crippen LogP contribution in [0.25, 0.3) is 0 Å². The van der Waals surface area contributed by atoms with E-state index < -0.39 is 6.10 Å². The molecule has 0 heterocycles. The average Bonchev–Trinajstić information content (AvgIpc) is 3.29. The maximum absolute atomic E-state index is 12.8. The minimum absolute atomic E-state index is 0.111. The second kappa shape index (κ2) is 51.4. The van der Waals surface area contributed by atoms with Crippen molar-refractivity contribution in [2.45, 2.75) is 213 Å². The number of carbonyl (C=O) groups is 3. The van der Waals surface area contributed by atoms with Crippen LogP contribution < -0.4 is 0 Å². The largest absolute Gasteiger partial charge is 0.462 e. The monoisotopic (exact) mass is 885 g/mol. The summed E-state index contributed by atoms with van der Waals surface area (Å²) in [5, 5.41) is 0. The van der Waals surface area contributed by atoms with Crippen molar-refractivity contribution in [1.29, 1.82) is 0 Å². The molecule has 6 heteroatoms. The summed E-state index contributed by atoms with van der Waals surface area (Å²) in [6.45, 7) is 6.30. The fraction of sp³-hybridized carbons (Fsp3) is 0.603. The Balaban J connectivity index is 4.50. The van der Waals surface area contributed by atoms with Gasteiger partial charge in [-0.3, -0.25) is 14.4 Å². The predicted molar refractivity (Wildman–Crippen MR) is 274 cm³/mol. The summed E-state index contributed by atoms with van der Waals surface area (Å²) in [6.07, 6.45) is 70.5. The molecule has 0 aliphatic rings. The minimum Gasteiger partial charge on any atom is -0.462 e. The topological polar surface area (TPSA) is 78.9 Å². The molecule has 0 spiro atoms. The highest BCUT2D eigenvalue weighted by atomic mass is 16.6. The van der Waals surface area contributed by atoms with Crippen molar-refractivity contribution in [3.8, 4) is 0 Å². The van der Waals surface area contributed by atoms with E-state index in [4.69, 9.17) is 14.2 Å². The van der Waals surface area contributed by atoms with Crippen molar-refractivity contribution >= 4 is 17.9 Å². The van der Waals surface area contributed by atoms with E-state index in [0.29, 0.717) is 25.7 Å². The molecule has 0 rings (SSSR count). The molecule has 6 nitrogen and oxygen atoms in total. The van der Waals surface area contributed by atoms with Gasteiger partial charge < -0.3 is 14.2 Å². The van der Waals surface area contributed by atoms with Gasteiger partial charge in [0.25, 0.3) is 0 Å². The first kappa shape index (κ1) is 59.8. The van der Waals surface area contributed by atoms with Crippen LogP contribution >= 0.6 is 0 Å². The molecule has 64 heavy (non-hydrogen) atoms. The molecule has 360 valence electrons. The molecule has 0 bridgehead atoms. The second-order valence-electron chi connectivity index (χ2n) is 16.3. The normalized spacial score (nSPS) is 13.1. The first-order valence-corrected chi connectivity index (χ1v) is 25.5. The highest BCUT2D eigenvalue weighted by molar-refractivity contribution is 5.71. The molecular weight excluding hydrogens is 793 g/mol. The Morgan fingerprint density at radius 1 is 0.328 bits per heavy atom. The van der Waals surface area contributed by atoms with Crippen LogP contribution in [0.3, 0.4) is 0 Å². The Morgan fingerprint density at radius 3 is 0.953 bits per heavy atom. The molecule has 0 aliphatic heterocycles. The van der Waals surface area contributed by atoms with Gasteiger partial charge in [-0.25, -0.2) is 0 Å². The first-order chi connectivity index (χ1) is 31.5. The van der Waals surface area contributed by atoms with Crippen LogP contribution in [-0.4, -0.2) is 37.2 Å². The highest BCUT2D eigenvalue weighted by Crippen LogP contribution is 2.13. The van der Waals surface area contributed by atoms with Crippen LogP contribution in [0.15, 0.2) is 122 Å². The number of unbranched alkanes of at least 4 members (excludes halogenated alkanes) is 13. The summed E-state index contributed by atoms with van der Waals surface area (Å²) in [7, 11) is 0. The Morgan fingerprint density at radius 2 is 0.609 bits per heavy atom. The van der Waals surface area contributed by atoms with Crippen LogP contribution in [0.1, 0.15) is 207 Å². The SMILES string of the molecule is CC/C=C\C/C=C\C/C=C\C/C=C\C/C=C\C/C=C\CCCCC(=O)OCC(COC(=O)CCCCCCCCCCCC)OC(=O)CCCC/C=C\C/C=C\C/C=C\C/C=C\CC. The molecule has 0 aromatic carbocycles. The number of hydrogen-bond acceptors (Lipinski definition) is 6. The lowest BCUT2D eigenvalue weighted by Gasteiger charge is -2.18. The summed E-state index contributed by atoms with van der Waals surface area (Å²) >= 11 is 0. The van der Waals surface area contributed by atoms with Crippen LogP contribution in [0, 0.1) is 0 Å². The van der Waals surface area contributed by atoms with Crippen LogP contribution in [0.5, 0.6) is 0 Å². The number of rotatable bonds is 44. The number of esters is 3. The van der Waals surface area contributed by atoms with Gasteiger partial charge in [0.15, 0.2) is 6.10 Å². The van der Waals surface area contributed by atoms with E-state index >= 15 is 0 Å². The second-order valence-corrected chi connectivity index (χ2v) is 16.3. The van der Waals surface area contributed by atoms with E-state index in [-0.39, 0.29) is 37.5 Å². The Kier molecular flexibility index (Phi) is 48.1. The maximum atomic E-state index is 12.8. The van der Waals surface area contributed by atoms with Crippen molar-refractivity contribution in [3.63, 3.8) is 0 Å². The highest BCUT2D eigenvalue weighted by Gasteiger charge is 2.19. The van der Waals surface area contributed by atoms with E-state index in [1.165, 1.54) is 44.9 Å². The molecule has 1 atom stereocenters. The van der Waals surface area contributed by atoms with Crippen LogP contribution in [0.4, 0.5) is 0 Å². The Labute approximate surface area is 392 Å².